The van der Waals surface area contributed by atoms with Crippen molar-refractivity contribution in [3.05, 3.63) is 72.6 Å². The van der Waals surface area contributed by atoms with Crippen molar-refractivity contribution in [1.82, 2.24) is 20.3 Å². The van der Waals surface area contributed by atoms with Crippen molar-refractivity contribution in [2.45, 2.75) is 32.8 Å². The van der Waals surface area contributed by atoms with Crippen molar-refractivity contribution in [2.24, 2.45) is 0 Å². The Kier molecular flexibility index (Phi) is 6.51. The topological polar surface area (TPSA) is 91.2 Å². The van der Waals surface area contributed by atoms with Gasteiger partial charge >= 0.3 is 0 Å². The number of carbonyl (C=O) groups is 1. The molecule has 3 aromatic rings. The van der Waals surface area contributed by atoms with Crippen LogP contribution in [0.25, 0.3) is 0 Å². The largest absolute Gasteiger partial charge is 0.392 e. The number of amides is 1. The second-order valence-electron chi connectivity index (χ2n) is 7.09. The Morgan fingerprint density at radius 2 is 1.72 bits per heavy atom. The summed E-state index contributed by atoms with van der Waals surface area (Å²) >= 11 is 0. The molecular formula is C22H25N5O2. The average molecular weight is 391 g/mol. The predicted octanol–water partition coefficient (Wildman–Crippen LogP) is 3.58. The third-order valence-corrected chi connectivity index (χ3v) is 4.38. The highest BCUT2D eigenvalue weighted by Crippen LogP contribution is 2.36. The number of aliphatic hydroxyl groups excluding tert-OH is 1. The number of anilines is 3. The van der Waals surface area contributed by atoms with Crippen molar-refractivity contribution in [3.63, 3.8) is 0 Å². The normalized spacial score (nSPS) is 11.9. The zero-order valence-corrected chi connectivity index (χ0v) is 16.8. The number of aromatic nitrogens is 3. The van der Waals surface area contributed by atoms with Crippen LogP contribution in [0.2, 0.25) is 0 Å². The fourth-order valence-corrected chi connectivity index (χ4v) is 2.90. The minimum atomic E-state index is -0.635. The van der Waals surface area contributed by atoms with Crippen molar-refractivity contribution in [3.8, 4) is 0 Å². The van der Waals surface area contributed by atoms with Crippen LogP contribution in [0.4, 0.5) is 17.1 Å². The smallest absolute Gasteiger partial charge is 0.255 e. The summed E-state index contributed by atoms with van der Waals surface area (Å²) in [6, 6.07) is 9.49. The zero-order valence-electron chi connectivity index (χ0n) is 16.8. The molecule has 3 heterocycles. The summed E-state index contributed by atoms with van der Waals surface area (Å²) in [5, 5.41) is 12.3. The first kappa shape index (κ1) is 20.4. The molecule has 3 rings (SSSR count). The van der Waals surface area contributed by atoms with E-state index in [9.17, 15) is 9.90 Å². The van der Waals surface area contributed by atoms with E-state index in [1.807, 2.05) is 29.2 Å². The number of nitrogens with zero attached hydrogens (tertiary/aromatic N) is 4. The van der Waals surface area contributed by atoms with Gasteiger partial charge in [0.1, 0.15) is 0 Å². The van der Waals surface area contributed by atoms with Gasteiger partial charge < -0.3 is 15.3 Å². The molecule has 0 aliphatic carbocycles. The van der Waals surface area contributed by atoms with Crippen LogP contribution >= 0.6 is 0 Å². The molecule has 7 heteroatoms. The minimum absolute atomic E-state index is 0.162. The Balaban J connectivity index is 2.12. The SMILES string of the molecule is CC(O)CNC(=O)c1cnccc1N(c1ccncc1)c1ccnc(C(C)C)c1. The van der Waals surface area contributed by atoms with Gasteiger partial charge in [0.05, 0.1) is 17.4 Å². The van der Waals surface area contributed by atoms with Crippen LogP contribution in [-0.2, 0) is 0 Å². The quantitative estimate of drug-likeness (QED) is 0.640. The number of hydrogen-bond donors (Lipinski definition) is 2. The van der Waals surface area contributed by atoms with Crippen LogP contribution < -0.4 is 10.2 Å². The number of pyridine rings is 3. The van der Waals surface area contributed by atoms with Crippen LogP contribution in [0.5, 0.6) is 0 Å². The van der Waals surface area contributed by atoms with Gasteiger partial charge in [0.25, 0.3) is 5.91 Å². The van der Waals surface area contributed by atoms with Gasteiger partial charge in [0.2, 0.25) is 0 Å². The first-order valence-electron chi connectivity index (χ1n) is 9.53. The summed E-state index contributed by atoms with van der Waals surface area (Å²) in [5.74, 6) is -0.0355. The third kappa shape index (κ3) is 4.94. The molecule has 1 unspecified atom stereocenters. The lowest BCUT2D eigenvalue weighted by Crippen LogP contribution is -2.31. The molecule has 0 aliphatic rings. The Morgan fingerprint density at radius 1 is 1.03 bits per heavy atom. The average Bonchev–Trinajstić information content (AvgIpc) is 2.73. The van der Waals surface area contributed by atoms with E-state index < -0.39 is 6.10 Å². The summed E-state index contributed by atoms with van der Waals surface area (Å²) in [6.45, 7) is 5.96. The maximum atomic E-state index is 12.8. The van der Waals surface area contributed by atoms with Gasteiger partial charge in [-0.05, 0) is 43.2 Å². The second-order valence-corrected chi connectivity index (χ2v) is 7.09. The van der Waals surface area contributed by atoms with E-state index in [0.717, 1.165) is 17.1 Å². The number of nitrogens with one attached hydrogen (secondary N) is 1. The van der Waals surface area contributed by atoms with Gasteiger partial charge in [-0.15, -0.1) is 0 Å². The molecule has 0 saturated heterocycles. The van der Waals surface area contributed by atoms with Crippen molar-refractivity contribution in [1.29, 1.82) is 0 Å². The number of aliphatic hydroxyl groups is 1. The van der Waals surface area contributed by atoms with Crippen LogP contribution in [0.1, 0.15) is 42.7 Å². The molecule has 0 aliphatic heterocycles. The Bertz CT molecular complexity index is 960. The zero-order chi connectivity index (χ0) is 20.8. The fourth-order valence-electron chi connectivity index (χ4n) is 2.90. The van der Waals surface area contributed by atoms with Crippen LogP contribution in [0, 0.1) is 0 Å². The van der Waals surface area contributed by atoms with Crippen LogP contribution in [0.3, 0.4) is 0 Å². The number of hydrogen-bond acceptors (Lipinski definition) is 6. The highest BCUT2D eigenvalue weighted by molar-refractivity contribution is 6.01. The predicted molar refractivity (Wildman–Crippen MR) is 113 cm³/mol. The molecule has 2 N–H and O–H groups in total. The van der Waals surface area contributed by atoms with Gasteiger partial charge in [-0.3, -0.25) is 19.7 Å². The summed E-state index contributed by atoms with van der Waals surface area (Å²) in [7, 11) is 0. The Morgan fingerprint density at radius 3 is 2.41 bits per heavy atom. The standard InChI is InChI=1S/C22H25N5O2/c1-15(2)20-12-18(6-11-25-20)27(17-4-8-23-9-5-17)21-7-10-24-14-19(21)22(29)26-13-16(3)28/h4-12,14-16,28H,13H2,1-3H3,(H,26,29). The molecule has 0 saturated carbocycles. The third-order valence-electron chi connectivity index (χ3n) is 4.38. The van der Waals surface area contributed by atoms with E-state index in [4.69, 9.17) is 0 Å². The summed E-state index contributed by atoms with van der Waals surface area (Å²) < 4.78 is 0. The van der Waals surface area contributed by atoms with E-state index in [-0.39, 0.29) is 18.4 Å². The van der Waals surface area contributed by atoms with Gasteiger partial charge in [-0.25, -0.2) is 0 Å². The number of carbonyl (C=O) groups excluding carboxylic acids is 1. The molecule has 0 bridgehead atoms. The van der Waals surface area contributed by atoms with Gasteiger partial charge in [-0.1, -0.05) is 13.8 Å². The lowest BCUT2D eigenvalue weighted by molar-refractivity contribution is 0.0924. The fraction of sp³-hybridized carbons (Fsp3) is 0.273. The van der Waals surface area contributed by atoms with E-state index in [0.29, 0.717) is 11.3 Å². The molecule has 0 aromatic carbocycles. The molecule has 0 spiro atoms. The van der Waals surface area contributed by atoms with Gasteiger partial charge in [-0.2, -0.15) is 0 Å². The molecular weight excluding hydrogens is 366 g/mol. The summed E-state index contributed by atoms with van der Waals surface area (Å²) in [6.07, 6.45) is 7.74. The molecule has 0 fully saturated rings. The maximum Gasteiger partial charge on any atom is 0.255 e. The molecule has 3 aromatic heterocycles. The lowest BCUT2D eigenvalue weighted by Gasteiger charge is -2.27. The molecule has 29 heavy (non-hydrogen) atoms. The number of rotatable bonds is 7. The molecule has 150 valence electrons. The molecule has 7 nitrogen and oxygen atoms in total. The van der Waals surface area contributed by atoms with E-state index in [1.54, 1.807) is 37.8 Å². The van der Waals surface area contributed by atoms with Crippen molar-refractivity contribution < 1.29 is 9.90 Å². The lowest BCUT2D eigenvalue weighted by atomic mass is 10.1. The molecule has 1 amide bonds. The maximum absolute atomic E-state index is 12.8. The second kappa shape index (κ2) is 9.25. The summed E-state index contributed by atoms with van der Waals surface area (Å²) in [4.78, 5) is 27.5. The molecule has 1 atom stereocenters. The van der Waals surface area contributed by atoms with E-state index >= 15 is 0 Å². The van der Waals surface area contributed by atoms with Crippen molar-refractivity contribution in [2.75, 3.05) is 11.4 Å². The first-order chi connectivity index (χ1) is 14.0. The highest BCUT2D eigenvalue weighted by Gasteiger charge is 2.21. The monoisotopic (exact) mass is 391 g/mol. The van der Waals surface area contributed by atoms with Gasteiger partial charge in [0, 0.05) is 54.6 Å². The summed E-state index contributed by atoms with van der Waals surface area (Å²) in [5.41, 5.74) is 3.78. The van der Waals surface area contributed by atoms with Crippen molar-refractivity contribution >= 4 is 23.0 Å². The van der Waals surface area contributed by atoms with E-state index in [1.165, 1.54) is 6.20 Å². The van der Waals surface area contributed by atoms with Gasteiger partial charge in [0.15, 0.2) is 0 Å². The van der Waals surface area contributed by atoms with Crippen LogP contribution in [0.15, 0.2) is 61.3 Å². The Labute approximate surface area is 170 Å². The Hall–Kier alpha value is -3.32. The molecule has 0 radical (unpaired) electrons. The first-order valence-corrected chi connectivity index (χ1v) is 9.53. The highest BCUT2D eigenvalue weighted by atomic mass is 16.3. The minimum Gasteiger partial charge on any atom is -0.392 e. The van der Waals surface area contributed by atoms with Crippen LogP contribution in [-0.4, -0.2) is 38.6 Å². The van der Waals surface area contributed by atoms with E-state index in [2.05, 4.69) is 34.1 Å².